The van der Waals surface area contributed by atoms with Crippen molar-refractivity contribution in [1.82, 2.24) is 10.3 Å². The number of carbonyl (C=O) groups is 1. The van der Waals surface area contributed by atoms with Gasteiger partial charge in [-0.3, -0.25) is 4.79 Å². The molecule has 7 nitrogen and oxygen atoms in total. The Labute approximate surface area is 221 Å². The third kappa shape index (κ3) is 4.85. The first kappa shape index (κ1) is 25.7. The first-order chi connectivity index (χ1) is 17.7. The predicted octanol–water partition coefficient (Wildman–Crippen LogP) is 4.71. The lowest BCUT2D eigenvalue weighted by Gasteiger charge is -2.58. The molecular weight excluding hydrogens is 486 g/mol. The Kier molecular flexibility index (Phi) is 7.00. The number of nitrogens with one attached hydrogen (secondary N) is 2. The molecule has 3 aromatic rings. The summed E-state index contributed by atoms with van der Waals surface area (Å²) in [4.78, 5) is 19.3. The number of phenols is 1. The van der Waals surface area contributed by atoms with Gasteiger partial charge in [0, 0.05) is 40.9 Å². The van der Waals surface area contributed by atoms with E-state index in [9.17, 15) is 20.1 Å². The Morgan fingerprint density at radius 3 is 2.68 bits per heavy atom. The fourth-order valence-electron chi connectivity index (χ4n) is 6.46. The molecular formula is C29H35N3O4S. The van der Waals surface area contributed by atoms with E-state index in [1.54, 1.807) is 29.5 Å². The van der Waals surface area contributed by atoms with Gasteiger partial charge in [-0.2, -0.15) is 0 Å². The monoisotopic (exact) mass is 521 g/mol. The summed E-state index contributed by atoms with van der Waals surface area (Å²) in [5.41, 5.74) is 1.75. The van der Waals surface area contributed by atoms with Gasteiger partial charge in [0.25, 0.3) is 0 Å². The van der Waals surface area contributed by atoms with E-state index in [4.69, 9.17) is 4.98 Å². The standard InChI is InChI=1S/C29H35N3O4S/c1-28-12-11-24(35)29(2,17-33)23(28)15-22-26(32-27(37-22)31-19-9-6-10-20(34)13-19)21(28)14-25(36)30-16-18-7-4-3-5-8-18/h3-10,13,21,23-24,33-35H,11-12,14-17H2,1-2H3,(H,30,36)(H,31,32). The first-order valence-corrected chi connectivity index (χ1v) is 13.7. The number of phenolic OH excluding ortho intramolecular Hbond substituents is 1. The smallest absolute Gasteiger partial charge is 0.220 e. The highest BCUT2D eigenvalue weighted by Gasteiger charge is 2.59. The molecule has 0 spiro atoms. The second kappa shape index (κ2) is 10.1. The Morgan fingerprint density at radius 1 is 1.16 bits per heavy atom. The van der Waals surface area contributed by atoms with Crippen molar-refractivity contribution in [3.8, 4) is 5.75 Å². The number of aromatic nitrogens is 1. The quantitative estimate of drug-likeness (QED) is 0.308. The van der Waals surface area contributed by atoms with E-state index in [1.807, 2.05) is 43.3 Å². The molecule has 1 amide bonds. The summed E-state index contributed by atoms with van der Waals surface area (Å²) in [5.74, 6) is -0.00637. The molecule has 37 heavy (non-hydrogen) atoms. The van der Waals surface area contributed by atoms with Crippen molar-refractivity contribution in [2.24, 2.45) is 16.7 Å². The van der Waals surface area contributed by atoms with Crippen LogP contribution in [0.2, 0.25) is 0 Å². The number of hydrogen-bond donors (Lipinski definition) is 5. The van der Waals surface area contributed by atoms with Crippen molar-refractivity contribution in [2.45, 2.75) is 58.1 Å². The van der Waals surface area contributed by atoms with Crippen LogP contribution in [-0.4, -0.2) is 38.9 Å². The number of aliphatic hydroxyl groups is 2. The number of benzene rings is 2. The van der Waals surface area contributed by atoms with Gasteiger partial charge in [-0.15, -0.1) is 11.3 Å². The minimum absolute atomic E-state index is 0.00208. The average molecular weight is 522 g/mol. The SMILES string of the molecule is CC1(CO)C(O)CCC2(C)C(CC(=O)NCc3ccccc3)c3nc(Nc4cccc(O)c4)sc3CC12. The molecule has 8 heteroatoms. The maximum Gasteiger partial charge on any atom is 0.220 e. The van der Waals surface area contributed by atoms with E-state index in [-0.39, 0.29) is 35.5 Å². The molecule has 0 bridgehead atoms. The number of aliphatic hydroxyl groups excluding tert-OH is 2. The molecule has 0 saturated heterocycles. The lowest BCUT2D eigenvalue weighted by Crippen LogP contribution is -2.57. The second-order valence-corrected chi connectivity index (χ2v) is 12.1. The maximum absolute atomic E-state index is 13.3. The zero-order valence-corrected chi connectivity index (χ0v) is 22.1. The van der Waals surface area contributed by atoms with Gasteiger partial charge in [0.05, 0.1) is 18.4 Å². The molecule has 0 aliphatic heterocycles. The van der Waals surface area contributed by atoms with Crippen LogP contribution in [0.15, 0.2) is 54.6 Å². The van der Waals surface area contributed by atoms with Crippen LogP contribution in [0.4, 0.5) is 10.8 Å². The summed E-state index contributed by atoms with van der Waals surface area (Å²) in [7, 11) is 0. The minimum Gasteiger partial charge on any atom is -0.508 e. The molecule has 5 N–H and O–H groups in total. The highest BCUT2D eigenvalue weighted by atomic mass is 32.1. The van der Waals surface area contributed by atoms with Gasteiger partial charge >= 0.3 is 0 Å². The Bertz CT molecular complexity index is 1270. The highest BCUT2D eigenvalue weighted by molar-refractivity contribution is 7.15. The van der Waals surface area contributed by atoms with Crippen LogP contribution in [0.25, 0.3) is 0 Å². The minimum atomic E-state index is -0.660. The normalized spacial score (nSPS) is 28.7. The number of hydrogen-bond acceptors (Lipinski definition) is 7. The zero-order valence-electron chi connectivity index (χ0n) is 21.3. The van der Waals surface area contributed by atoms with Crippen LogP contribution in [0.3, 0.4) is 0 Å². The summed E-state index contributed by atoms with van der Waals surface area (Å²) in [6.07, 6.45) is 1.74. The van der Waals surface area contributed by atoms with E-state index in [0.29, 0.717) is 30.9 Å². The molecule has 2 aliphatic rings. The number of thiazole rings is 1. The summed E-state index contributed by atoms with van der Waals surface area (Å²) >= 11 is 1.55. The molecule has 2 aromatic carbocycles. The fourth-order valence-corrected chi connectivity index (χ4v) is 7.55. The van der Waals surface area contributed by atoms with Crippen LogP contribution >= 0.6 is 11.3 Å². The van der Waals surface area contributed by atoms with E-state index >= 15 is 0 Å². The summed E-state index contributed by atoms with van der Waals surface area (Å²) < 4.78 is 0. The number of rotatable bonds is 7. The van der Waals surface area contributed by atoms with E-state index in [0.717, 1.165) is 28.2 Å². The molecule has 5 unspecified atom stereocenters. The van der Waals surface area contributed by atoms with Gasteiger partial charge in [-0.25, -0.2) is 4.98 Å². The van der Waals surface area contributed by atoms with Gasteiger partial charge < -0.3 is 26.0 Å². The van der Waals surface area contributed by atoms with Gasteiger partial charge in [0.1, 0.15) is 5.75 Å². The van der Waals surface area contributed by atoms with Crippen LogP contribution in [0.5, 0.6) is 5.75 Å². The summed E-state index contributed by atoms with van der Waals surface area (Å²) in [5, 5.41) is 38.3. The molecule has 0 radical (unpaired) electrons. The van der Waals surface area contributed by atoms with Crippen LogP contribution in [0.1, 0.15) is 55.2 Å². The van der Waals surface area contributed by atoms with Crippen LogP contribution in [0, 0.1) is 16.7 Å². The topological polar surface area (TPSA) is 115 Å². The Hall–Kier alpha value is -2.94. The van der Waals surface area contributed by atoms with E-state index in [1.165, 1.54) is 0 Å². The third-order valence-corrected chi connectivity index (χ3v) is 9.72. The van der Waals surface area contributed by atoms with Crippen molar-refractivity contribution < 1.29 is 20.1 Å². The lowest BCUT2D eigenvalue weighted by molar-refractivity contribution is -0.144. The van der Waals surface area contributed by atoms with E-state index in [2.05, 4.69) is 17.6 Å². The van der Waals surface area contributed by atoms with Crippen molar-refractivity contribution in [3.63, 3.8) is 0 Å². The second-order valence-electron chi connectivity index (χ2n) is 11.0. The number of anilines is 2. The zero-order chi connectivity index (χ0) is 26.2. The predicted molar refractivity (Wildman–Crippen MR) is 145 cm³/mol. The third-order valence-electron chi connectivity index (χ3n) is 8.71. The number of nitrogens with zero attached hydrogens (tertiary/aromatic N) is 1. The fraction of sp³-hybridized carbons (Fsp3) is 0.448. The van der Waals surface area contributed by atoms with Crippen LogP contribution in [-0.2, 0) is 17.8 Å². The molecule has 196 valence electrons. The number of fused-ring (bicyclic) bond motifs is 2. The van der Waals surface area contributed by atoms with Crippen molar-refractivity contribution in [3.05, 3.63) is 70.7 Å². The van der Waals surface area contributed by atoms with Crippen molar-refractivity contribution in [2.75, 3.05) is 11.9 Å². The largest absolute Gasteiger partial charge is 0.508 e. The molecule has 1 fully saturated rings. The first-order valence-electron chi connectivity index (χ1n) is 12.9. The number of carbonyl (C=O) groups excluding carboxylic acids is 1. The summed E-state index contributed by atoms with van der Waals surface area (Å²) in [6, 6.07) is 16.8. The number of amides is 1. The van der Waals surface area contributed by atoms with E-state index < -0.39 is 11.5 Å². The summed E-state index contributed by atoms with van der Waals surface area (Å²) in [6.45, 7) is 4.54. The molecule has 5 atom stereocenters. The lowest BCUT2D eigenvalue weighted by atomic mass is 9.47. The maximum atomic E-state index is 13.3. The van der Waals surface area contributed by atoms with Crippen LogP contribution < -0.4 is 10.6 Å². The van der Waals surface area contributed by atoms with Crippen molar-refractivity contribution in [1.29, 1.82) is 0 Å². The highest BCUT2D eigenvalue weighted by Crippen LogP contribution is 2.62. The van der Waals surface area contributed by atoms with Crippen molar-refractivity contribution >= 4 is 28.1 Å². The van der Waals surface area contributed by atoms with Gasteiger partial charge in [0.15, 0.2) is 5.13 Å². The average Bonchev–Trinajstić information content (AvgIpc) is 3.29. The Morgan fingerprint density at radius 2 is 1.95 bits per heavy atom. The molecule has 5 rings (SSSR count). The molecule has 1 heterocycles. The molecule has 1 aromatic heterocycles. The van der Waals surface area contributed by atoms with Gasteiger partial charge in [-0.05, 0) is 48.3 Å². The van der Waals surface area contributed by atoms with Gasteiger partial charge in [0.2, 0.25) is 5.91 Å². The Balaban J connectivity index is 1.47. The number of aromatic hydroxyl groups is 1. The molecule has 2 aliphatic carbocycles. The van der Waals surface area contributed by atoms with Gasteiger partial charge in [-0.1, -0.05) is 50.2 Å². The molecule has 1 saturated carbocycles.